The van der Waals surface area contributed by atoms with Crippen LogP contribution in [-0.2, 0) is 0 Å². The van der Waals surface area contributed by atoms with Crippen molar-refractivity contribution in [2.24, 2.45) is 0 Å². The van der Waals surface area contributed by atoms with Gasteiger partial charge in [-0.25, -0.2) is 0 Å². The predicted octanol–water partition coefficient (Wildman–Crippen LogP) is 2.78. The normalized spacial score (nSPS) is 11.5. The fourth-order valence-corrected chi connectivity index (χ4v) is 1.44. The van der Waals surface area contributed by atoms with Crippen molar-refractivity contribution in [1.82, 2.24) is 5.32 Å². The zero-order valence-corrected chi connectivity index (χ0v) is 7.40. The van der Waals surface area contributed by atoms with Crippen LogP contribution in [0.15, 0.2) is 17.5 Å². The van der Waals surface area contributed by atoms with E-state index in [4.69, 9.17) is 0 Å². The lowest BCUT2D eigenvalue weighted by Gasteiger charge is -2.16. The molecule has 0 saturated heterocycles. The van der Waals surface area contributed by atoms with E-state index < -0.39 is 0 Å². The number of hydrogen-bond donors (Lipinski definition) is 0. The van der Waals surface area contributed by atoms with Crippen LogP contribution in [-0.4, -0.2) is 5.54 Å². The molecule has 0 N–H and O–H groups in total. The zero-order chi connectivity index (χ0) is 7.61. The smallest absolute Gasteiger partial charge is 0.111 e. The van der Waals surface area contributed by atoms with Gasteiger partial charge in [-0.15, -0.1) is 11.3 Å². The number of rotatable bonds is 1. The third kappa shape index (κ3) is 2.40. The van der Waals surface area contributed by atoms with E-state index in [1.807, 2.05) is 17.5 Å². The van der Waals surface area contributed by atoms with E-state index in [9.17, 15) is 0 Å². The molecule has 0 unspecified atom stereocenters. The van der Waals surface area contributed by atoms with Crippen LogP contribution >= 0.6 is 11.3 Å². The van der Waals surface area contributed by atoms with Crippen molar-refractivity contribution in [2.45, 2.75) is 26.3 Å². The Balaban J connectivity index is 2.57. The molecule has 0 aliphatic carbocycles. The summed E-state index contributed by atoms with van der Waals surface area (Å²) < 4.78 is 0. The lowest BCUT2D eigenvalue weighted by Crippen LogP contribution is -2.24. The minimum absolute atomic E-state index is 0.0604. The van der Waals surface area contributed by atoms with Crippen LogP contribution in [0.3, 0.4) is 0 Å². The van der Waals surface area contributed by atoms with Gasteiger partial charge in [0, 0.05) is 0 Å². The predicted molar refractivity (Wildman–Crippen MR) is 45.9 cm³/mol. The van der Waals surface area contributed by atoms with Gasteiger partial charge < -0.3 is 0 Å². The first kappa shape index (κ1) is 7.61. The van der Waals surface area contributed by atoms with Crippen LogP contribution in [0.25, 0.3) is 0 Å². The maximum Gasteiger partial charge on any atom is 0.111 e. The lowest BCUT2D eigenvalue weighted by atomic mass is 10.1. The molecule has 1 rings (SSSR count). The first-order valence-corrected chi connectivity index (χ1v) is 4.22. The highest BCUT2D eigenvalue weighted by atomic mass is 32.1. The molecule has 0 aromatic carbocycles. The minimum Gasteiger partial charge on any atom is -0.269 e. The fraction of sp³-hybridized carbons (Fsp3) is 0.500. The monoisotopic (exact) mass is 154 g/mol. The molecule has 1 nitrogen and oxygen atoms in total. The molecule has 55 valence electrons. The molecular weight excluding hydrogens is 142 g/mol. The van der Waals surface area contributed by atoms with Crippen LogP contribution in [0, 0.1) is 0 Å². The summed E-state index contributed by atoms with van der Waals surface area (Å²) in [5.74, 6) is 0. The summed E-state index contributed by atoms with van der Waals surface area (Å²) >= 11 is 1.68. The number of thiophene rings is 1. The molecule has 0 saturated carbocycles. The molecule has 0 aliphatic heterocycles. The Morgan fingerprint density at radius 2 is 2.10 bits per heavy atom. The maximum atomic E-state index is 4.47. The molecule has 0 atom stereocenters. The highest BCUT2D eigenvalue weighted by molar-refractivity contribution is 7.13. The second kappa shape index (κ2) is 2.62. The Hall–Kier alpha value is -0.500. The Labute approximate surface area is 66.1 Å². The van der Waals surface area contributed by atoms with E-state index in [0.717, 1.165) is 5.00 Å². The third-order valence-corrected chi connectivity index (χ3v) is 1.71. The SMILES string of the molecule is CC(C)(C)[N]c1cccs1. The first-order valence-electron chi connectivity index (χ1n) is 3.34. The van der Waals surface area contributed by atoms with Gasteiger partial charge in [0.1, 0.15) is 5.00 Å². The average molecular weight is 154 g/mol. The van der Waals surface area contributed by atoms with Crippen molar-refractivity contribution in [3.05, 3.63) is 17.5 Å². The van der Waals surface area contributed by atoms with Crippen LogP contribution in [0.4, 0.5) is 5.00 Å². The molecule has 1 heterocycles. The second-order valence-electron chi connectivity index (χ2n) is 3.23. The summed E-state index contributed by atoms with van der Waals surface area (Å²) in [6.45, 7) is 6.31. The lowest BCUT2D eigenvalue weighted by molar-refractivity contribution is 0.492. The van der Waals surface area contributed by atoms with E-state index in [-0.39, 0.29) is 5.54 Å². The van der Waals surface area contributed by atoms with E-state index in [2.05, 4.69) is 26.1 Å². The topological polar surface area (TPSA) is 14.1 Å². The van der Waals surface area contributed by atoms with E-state index >= 15 is 0 Å². The van der Waals surface area contributed by atoms with Crippen LogP contribution < -0.4 is 5.32 Å². The van der Waals surface area contributed by atoms with Crippen molar-refractivity contribution < 1.29 is 0 Å². The molecule has 0 spiro atoms. The van der Waals surface area contributed by atoms with E-state index in [1.165, 1.54) is 0 Å². The third-order valence-electron chi connectivity index (χ3n) is 0.952. The molecule has 1 aromatic heterocycles. The Kier molecular flexibility index (Phi) is 2.00. The molecule has 1 radical (unpaired) electrons. The minimum atomic E-state index is 0.0604. The van der Waals surface area contributed by atoms with Crippen LogP contribution in [0.1, 0.15) is 20.8 Å². The van der Waals surface area contributed by atoms with Crippen LogP contribution in [0.5, 0.6) is 0 Å². The van der Waals surface area contributed by atoms with Gasteiger partial charge in [0.2, 0.25) is 0 Å². The summed E-state index contributed by atoms with van der Waals surface area (Å²) in [4.78, 5) is 0. The van der Waals surface area contributed by atoms with Crippen molar-refractivity contribution in [1.29, 1.82) is 0 Å². The summed E-state index contributed by atoms with van der Waals surface area (Å²) in [6, 6.07) is 4.06. The van der Waals surface area contributed by atoms with Gasteiger partial charge in [0.05, 0.1) is 5.54 Å². The van der Waals surface area contributed by atoms with E-state index in [1.54, 1.807) is 11.3 Å². The van der Waals surface area contributed by atoms with Crippen molar-refractivity contribution in [3.8, 4) is 0 Å². The molecule has 2 heteroatoms. The van der Waals surface area contributed by atoms with Gasteiger partial charge in [0.25, 0.3) is 0 Å². The van der Waals surface area contributed by atoms with Gasteiger partial charge in [0.15, 0.2) is 0 Å². The molecule has 0 bridgehead atoms. The Morgan fingerprint density at radius 3 is 2.50 bits per heavy atom. The van der Waals surface area contributed by atoms with Gasteiger partial charge in [-0.05, 0) is 38.3 Å². The Morgan fingerprint density at radius 1 is 1.40 bits per heavy atom. The number of nitrogens with zero attached hydrogens (tertiary/aromatic N) is 1. The van der Waals surface area contributed by atoms with Gasteiger partial charge >= 0.3 is 0 Å². The van der Waals surface area contributed by atoms with Gasteiger partial charge in [-0.1, -0.05) is 0 Å². The Bertz CT molecular complexity index is 184. The van der Waals surface area contributed by atoms with Crippen LogP contribution in [0.2, 0.25) is 0 Å². The highest BCUT2D eigenvalue weighted by Crippen LogP contribution is 2.19. The summed E-state index contributed by atoms with van der Waals surface area (Å²) in [5.41, 5.74) is 0.0604. The number of hydrogen-bond acceptors (Lipinski definition) is 1. The zero-order valence-electron chi connectivity index (χ0n) is 6.59. The average Bonchev–Trinajstić information content (AvgIpc) is 2.12. The summed E-state index contributed by atoms with van der Waals surface area (Å²) in [6.07, 6.45) is 0. The van der Waals surface area contributed by atoms with Crippen molar-refractivity contribution in [3.63, 3.8) is 0 Å². The van der Waals surface area contributed by atoms with Gasteiger partial charge in [-0.3, -0.25) is 5.32 Å². The van der Waals surface area contributed by atoms with E-state index in [0.29, 0.717) is 0 Å². The molecular formula is C8H12NS. The molecule has 10 heavy (non-hydrogen) atoms. The molecule has 0 amide bonds. The standard InChI is InChI=1S/C8H12NS/c1-8(2,3)9-7-5-4-6-10-7/h4-6H,1-3H3. The summed E-state index contributed by atoms with van der Waals surface area (Å²) in [5, 5.41) is 7.63. The fourth-order valence-electron chi connectivity index (χ4n) is 0.664. The van der Waals surface area contributed by atoms with Crippen molar-refractivity contribution >= 4 is 16.3 Å². The second-order valence-corrected chi connectivity index (χ2v) is 4.16. The maximum absolute atomic E-state index is 4.47. The molecule has 0 aliphatic rings. The quantitative estimate of drug-likeness (QED) is 0.590. The molecule has 1 aromatic rings. The van der Waals surface area contributed by atoms with Crippen molar-refractivity contribution in [2.75, 3.05) is 0 Å². The first-order chi connectivity index (χ1) is 4.58. The largest absolute Gasteiger partial charge is 0.269 e. The summed E-state index contributed by atoms with van der Waals surface area (Å²) in [7, 11) is 0. The molecule has 0 fully saturated rings. The highest BCUT2D eigenvalue weighted by Gasteiger charge is 2.11. The van der Waals surface area contributed by atoms with Gasteiger partial charge in [-0.2, -0.15) is 0 Å².